The van der Waals surface area contributed by atoms with Gasteiger partial charge in [0.2, 0.25) is 0 Å². The van der Waals surface area contributed by atoms with Gasteiger partial charge in [-0.1, -0.05) is 24.3 Å². The molecule has 3 aromatic carbocycles. The number of hydrogen-bond donors (Lipinski definition) is 2. The van der Waals surface area contributed by atoms with E-state index in [2.05, 4.69) is 18.2 Å². The zero-order chi connectivity index (χ0) is 31.4. The van der Waals surface area contributed by atoms with Crippen LogP contribution < -0.4 is 9.47 Å². The number of methoxy groups -OCH3 is 2. The third kappa shape index (κ3) is 7.15. The van der Waals surface area contributed by atoms with Gasteiger partial charge in [-0.2, -0.15) is 0 Å². The van der Waals surface area contributed by atoms with Crippen LogP contribution in [0, 0.1) is 0 Å². The van der Waals surface area contributed by atoms with Crippen LogP contribution in [-0.2, 0) is 22.4 Å². The normalized spacial score (nSPS) is 11.1. The number of ether oxygens (including phenoxy) is 2. The molecule has 0 bridgehead atoms. The smallest absolute Gasteiger partial charge is 0.303 e. The molecule has 226 valence electrons. The zero-order valence-corrected chi connectivity index (χ0v) is 25.8. The van der Waals surface area contributed by atoms with Crippen LogP contribution in [0.25, 0.3) is 20.2 Å². The second-order valence-electron chi connectivity index (χ2n) is 10.4. The molecule has 0 atom stereocenters. The fourth-order valence-electron chi connectivity index (χ4n) is 5.12. The highest BCUT2D eigenvalue weighted by atomic mass is 32.1. The van der Waals surface area contributed by atoms with Crippen LogP contribution in [0.1, 0.15) is 67.3 Å². The molecule has 0 aliphatic rings. The maximum absolute atomic E-state index is 12.5. The summed E-state index contributed by atoms with van der Waals surface area (Å²) in [5.41, 5.74) is 4.11. The van der Waals surface area contributed by atoms with Gasteiger partial charge < -0.3 is 19.7 Å². The van der Waals surface area contributed by atoms with E-state index in [1.165, 1.54) is 22.7 Å². The van der Waals surface area contributed by atoms with Gasteiger partial charge in [-0.25, -0.2) is 0 Å². The Morgan fingerprint density at radius 1 is 0.614 bits per heavy atom. The van der Waals surface area contributed by atoms with Crippen molar-refractivity contribution >= 4 is 66.4 Å². The van der Waals surface area contributed by atoms with Crippen LogP contribution in [0.2, 0.25) is 0 Å². The molecule has 0 unspecified atom stereocenters. The highest BCUT2D eigenvalue weighted by molar-refractivity contribution is 7.21. The van der Waals surface area contributed by atoms with Gasteiger partial charge in [0.15, 0.2) is 11.6 Å². The standard InChI is InChI=1S/C34H30O8S2/c1-41-27-13-23-17-31(25(35)6-8-33(37)38)43-29(23)15-21(27)11-19-4-3-5-20(10-19)12-22-16-30-24(14-28(22)42-2)18-32(44-30)26(36)7-9-34(39)40/h3-5,10,13-18H,6-9,11-12H2,1-2H3,(H,37,38)(H,39,40). The number of fused-ring (bicyclic) bond motifs is 2. The minimum Gasteiger partial charge on any atom is -0.496 e. The summed E-state index contributed by atoms with van der Waals surface area (Å²) in [7, 11) is 3.23. The van der Waals surface area contributed by atoms with Crippen LogP contribution in [0.15, 0.2) is 60.7 Å². The lowest BCUT2D eigenvalue weighted by molar-refractivity contribution is -0.137. The van der Waals surface area contributed by atoms with Crippen molar-refractivity contribution in [3.05, 3.63) is 92.7 Å². The lowest BCUT2D eigenvalue weighted by Gasteiger charge is -2.12. The molecule has 5 rings (SSSR count). The van der Waals surface area contributed by atoms with Crippen molar-refractivity contribution in [1.29, 1.82) is 0 Å². The van der Waals surface area contributed by atoms with Crippen LogP contribution in [0.3, 0.4) is 0 Å². The molecule has 0 saturated heterocycles. The maximum Gasteiger partial charge on any atom is 0.303 e. The number of thiophene rings is 2. The summed E-state index contributed by atoms with van der Waals surface area (Å²) in [5, 5.41) is 19.6. The average Bonchev–Trinajstić information content (AvgIpc) is 3.61. The number of carboxylic acid groups (broad SMARTS) is 2. The first-order valence-corrected chi connectivity index (χ1v) is 15.6. The Morgan fingerprint density at radius 2 is 1.05 bits per heavy atom. The Labute approximate surface area is 261 Å². The van der Waals surface area contributed by atoms with E-state index in [1.807, 2.05) is 30.3 Å². The second kappa shape index (κ2) is 13.4. The molecule has 44 heavy (non-hydrogen) atoms. The number of hydrogen-bond acceptors (Lipinski definition) is 8. The van der Waals surface area contributed by atoms with Crippen molar-refractivity contribution in [3.63, 3.8) is 0 Å². The van der Waals surface area contributed by atoms with Gasteiger partial charge in [-0.3, -0.25) is 19.2 Å². The topological polar surface area (TPSA) is 127 Å². The Balaban J connectivity index is 1.37. The predicted octanol–water partition coefficient (Wildman–Crippen LogP) is 7.41. The first kappa shape index (κ1) is 30.9. The molecule has 2 heterocycles. The van der Waals surface area contributed by atoms with Crippen LogP contribution in [0.4, 0.5) is 0 Å². The number of benzene rings is 3. The molecule has 0 fully saturated rings. The number of carboxylic acids is 2. The van der Waals surface area contributed by atoms with Crippen LogP contribution in [0.5, 0.6) is 11.5 Å². The van der Waals surface area contributed by atoms with Gasteiger partial charge >= 0.3 is 11.9 Å². The third-order valence-electron chi connectivity index (χ3n) is 7.30. The van der Waals surface area contributed by atoms with E-state index in [1.54, 1.807) is 26.4 Å². The molecule has 5 aromatic rings. The van der Waals surface area contributed by atoms with Gasteiger partial charge in [0, 0.05) is 35.1 Å². The van der Waals surface area contributed by atoms with E-state index in [0.717, 1.165) is 42.4 Å². The highest BCUT2D eigenvalue weighted by Crippen LogP contribution is 2.36. The van der Waals surface area contributed by atoms with Crippen molar-refractivity contribution in [2.45, 2.75) is 38.5 Å². The van der Waals surface area contributed by atoms with Crippen molar-refractivity contribution < 1.29 is 38.9 Å². The summed E-state index contributed by atoms with van der Waals surface area (Å²) in [5.74, 6) is -0.927. The first-order valence-electron chi connectivity index (χ1n) is 13.9. The van der Waals surface area contributed by atoms with Crippen molar-refractivity contribution in [3.8, 4) is 11.5 Å². The van der Waals surface area contributed by atoms with E-state index in [9.17, 15) is 19.2 Å². The molecule has 8 nitrogen and oxygen atoms in total. The third-order valence-corrected chi connectivity index (χ3v) is 9.58. The molecular formula is C34H30O8S2. The lowest BCUT2D eigenvalue weighted by Crippen LogP contribution is -2.01. The molecule has 0 aliphatic heterocycles. The summed E-state index contributed by atoms with van der Waals surface area (Å²) in [6, 6.07) is 19.7. The van der Waals surface area contributed by atoms with E-state index >= 15 is 0 Å². The summed E-state index contributed by atoms with van der Waals surface area (Å²) >= 11 is 2.72. The number of aliphatic carboxylic acids is 2. The Morgan fingerprint density at radius 3 is 1.43 bits per heavy atom. The predicted molar refractivity (Wildman–Crippen MR) is 171 cm³/mol. The SMILES string of the molecule is COc1cc2cc(C(=O)CCC(=O)O)sc2cc1Cc1cccc(Cc2cc3sc(C(=O)CCC(=O)O)cc3cc2OC)c1. The van der Waals surface area contributed by atoms with Crippen molar-refractivity contribution in [2.75, 3.05) is 14.2 Å². The largest absolute Gasteiger partial charge is 0.496 e. The molecule has 0 radical (unpaired) electrons. The summed E-state index contributed by atoms with van der Waals surface area (Å²) in [6.07, 6.45) is 0.761. The highest BCUT2D eigenvalue weighted by Gasteiger charge is 2.17. The number of rotatable bonds is 14. The summed E-state index contributed by atoms with van der Waals surface area (Å²) in [6.45, 7) is 0. The summed E-state index contributed by atoms with van der Waals surface area (Å²) in [4.78, 5) is 47.9. The fourth-order valence-corrected chi connectivity index (χ4v) is 7.28. The minimum atomic E-state index is -0.994. The Hall–Kier alpha value is -4.54. The van der Waals surface area contributed by atoms with Crippen molar-refractivity contribution in [2.24, 2.45) is 0 Å². The van der Waals surface area contributed by atoms with E-state index in [4.69, 9.17) is 19.7 Å². The van der Waals surface area contributed by atoms with Gasteiger partial charge in [0.25, 0.3) is 0 Å². The van der Waals surface area contributed by atoms with Gasteiger partial charge in [-0.15, -0.1) is 22.7 Å². The number of ketones is 2. The van der Waals surface area contributed by atoms with Crippen LogP contribution >= 0.6 is 22.7 Å². The molecule has 2 aromatic heterocycles. The molecule has 0 spiro atoms. The molecule has 0 amide bonds. The van der Waals surface area contributed by atoms with Gasteiger partial charge in [0.1, 0.15) is 11.5 Å². The van der Waals surface area contributed by atoms with E-state index in [-0.39, 0.29) is 37.2 Å². The average molecular weight is 631 g/mol. The molecule has 0 aliphatic carbocycles. The van der Waals surface area contributed by atoms with Gasteiger partial charge in [-0.05, 0) is 69.4 Å². The minimum absolute atomic E-state index is 0.0325. The molecule has 0 saturated carbocycles. The molecule has 2 N–H and O–H groups in total. The van der Waals surface area contributed by atoms with E-state index in [0.29, 0.717) is 34.1 Å². The molecule has 10 heteroatoms. The van der Waals surface area contributed by atoms with Gasteiger partial charge in [0.05, 0.1) is 36.8 Å². The Kier molecular flexibility index (Phi) is 9.41. The number of carbonyl (C=O) groups is 4. The monoisotopic (exact) mass is 630 g/mol. The number of carbonyl (C=O) groups excluding carboxylic acids is 2. The second-order valence-corrected chi connectivity index (χ2v) is 12.6. The van der Waals surface area contributed by atoms with Crippen molar-refractivity contribution in [1.82, 2.24) is 0 Å². The molecular weight excluding hydrogens is 601 g/mol. The first-order chi connectivity index (χ1) is 21.1. The number of Topliss-reactive ketones (excluding diaryl/α,β-unsaturated/α-hetero) is 2. The summed E-state index contributed by atoms with van der Waals surface area (Å²) < 4.78 is 13.3. The Bertz CT molecular complexity index is 1770. The maximum atomic E-state index is 12.5. The van der Waals surface area contributed by atoms with Crippen LogP contribution in [-0.4, -0.2) is 47.9 Å². The quantitative estimate of drug-likeness (QED) is 0.121. The fraction of sp³-hybridized carbons (Fsp3) is 0.235. The van der Waals surface area contributed by atoms with E-state index < -0.39 is 11.9 Å². The lowest BCUT2D eigenvalue weighted by atomic mass is 9.97. The zero-order valence-electron chi connectivity index (χ0n) is 24.2.